The molecule has 0 saturated heterocycles. The minimum absolute atomic E-state index is 0. The van der Waals surface area contributed by atoms with Crippen LogP contribution in [0.25, 0.3) is 0 Å². The summed E-state index contributed by atoms with van der Waals surface area (Å²) in [6.45, 7) is 9.51. The van der Waals surface area contributed by atoms with E-state index in [0.717, 1.165) is 31.5 Å². The van der Waals surface area contributed by atoms with Crippen LogP contribution in [0.15, 0.2) is 29.3 Å². The Kier molecular flexibility index (Phi) is 8.00. The van der Waals surface area contributed by atoms with Crippen molar-refractivity contribution in [2.45, 2.75) is 33.2 Å². The van der Waals surface area contributed by atoms with Crippen LogP contribution in [0.3, 0.4) is 0 Å². The Bertz CT molecular complexity index is 489. The lowest BCUT2D eigenvalue weighted by Crippen LogP contribution is -2.42. The first-order chi connectivity index (χ1) is 10.2. The maximum atomic E-state index is 4.29. The monoisotopic (exact) mass is 416 g/mol. The molecule has 1 saturated carbocycles. The van der Waals surface area contributed by atoms with Crippen LogP contribution in [-0.2, 0) is 0 Å². The molecule has 1 aromatic rings. The molecule has 5 heteroatoms. The van der Waals surface area contributed by atoms with Gasteiger partial charge in [-0.05, 0) is 37.8 Å². The molecule has 0 spiro atoms. The number of nitrogens with zero attached hydrogens (tertiary/aromatic N) is 2. The van der Waals surface area contributed by atoms with Gasteiger partial charge < -0.3 is 15.5 Å². The lowest BCUT2D eigenvalue weighted by atomic mass is 10.2. The van der Waals surface area contributed by atoms with Gasteiger partial charge in [-0.2, -0.15) is 0 Å². The number of benzene rings is 1. The van der Waals surface area contributed by atoms with Gasteiger partial charge in [0.05, 0.1) is 0 Å². The number of rotatable bonds is 6. The summed E-state index contributed by atoms with van der Waals surface area (Å²) in [5.41, 5.74) is 2.65. The first-order valence-corrected chi connectivity index (χ1v) is 7.93. The number of guanidine groups is 1. The van der Waals surface area contributed by atoms with Crippen molar-refractivity contribution < 1.29 is 0 Å². The van der Waals surface area contributed by atoms with Gasteiger partial charge in [0.25, 0.3) is 0 Å². The summed E-state index contributed by atoms with van der Waals surface area (Å²) in [6.07, 6.45) is 1.25. The third-order valence-corrected chi connectivity index (χ3v) is 4.17. The maximum absolute atomic E-state index is 4.29. The highest BCUT2D eigenvalue weighted by Gasteiger charge is 2.33. The summed E-state index contributed by atoms with van der Waals surface area (Å²) in [6, 6.07) is 9.16. The number of hydrogen-bond donors (Lipinski definition) is 2. The molecule has 0 bridgehead atoms. The second-order valence-electron chi connectivity index (χ2n) is 5.83. The molecule has 2 unspecified atom stereocenters. The highest BCUT2D eigenvalue weighted by Crippen LogP contribution is 2.28. The van der Waals surface area contributed by atoms with Crippen molar-refractivity contribution in [3.05, 3.63) is 29.8 Å². The van der Waals surface area contributed by atoms with Crippen molar-refractivity contribution in [1.82, 2.24) is 10.6 Å². The number of likely N-dealkylation sites (N-methyl/N-ethyl adjacent to an activating group) is 1. The van der Waals surface area contributed by atoms with Gasteiger partial charge in [0.1, 0.15) is 0 Å². The van der Waals surface area contributed by atoms with Crippen molar-refractivity contribution in [2.75, 3.05) is 31.6 Å². The molecule has 1 aliphatic carbocycles. The van der Waals surface area contributed by atoms with Crippen LogP contribution in [0.2, 0.25) is 0 Å². The SMILES string of the molecule is CCN(CCNC(=NC)NC1CC1C)c1ccccc1C.I. The van der Waals surface area contributed by atoms with E-state index < -0.39 is 0 Å². The molecule has 1 aromatic carbocycles. The molecule has 2 N–H and O–H groups in total. The summed E-state index contributed by atoms with van der Waals surface area (Å²) < 4.78 is 0. The van der Waals surface area contributed by atoms with E-state index in [1.54, 1.807) is 0 Å². The van der Waals surface area contributed by atoms with E-state index in [4.69, 9.17) is 0 Å². The molecule has 0 aliphatic heterocycles. The quantitative estimate of drug-likeness (QED) is 0.426. The molecular formula is C17H29IN4. The van der Waals surface area contributed by atoms with E-state index in [1.165, 1.54) is 17.7 Å². The first-order valence-electron chi connectivity index (χ1n) is 7.93. The molecular weight excluding hydrogens is 387 g/mol. The van der Waals surface area contributed by atoms with Crippen LogP contribution in [0, 0.1) is 12.8 Å². The van der Waals surface area contributed by atoms with Gasteiger partial charge in [-0.15, -0.1) is 24.0 Å². The molecule has 2 atom stereocenters. The zero-order valence-corrected chi connectivity index (χ0v) is 16.4. The molecule has 2 rings (SSSR count). The van der Waals surface area contributed by atoms with Crippen molar-refractivity contribution in [1.29, 1.82) is 0 Å². The maximum Gasteiger partial charge on any atom is 0.191 e. The predicted molar refractivity (Wildman–Crippen MR) is 107 cm³/mol. The summed E-state index contributed by atoms with van der Waals surface area (Å²) in [5, 5.41) is 6.87. The Morgan fingerprint density at radius 1 is 1.36 bits per heavy atom. The van der Waals surface area contributed by atoms with E-state index >= 15 is 0 Å². The number of halogens is 1. The van der Waals surface area contributed by atoms with Crippen LogP contribution in [0.4, 0.5) is 5.69 Å². The lowest BCUT2D eigenvalue weighted by Gasteiger charge is -2.25. The van der Waals surface area contributed by atoms with Gasteiger partial charge >= 0.3 is 0 Å². The van der Waals surface area contributed by atoms with Gasteiger partial charge in [0.2, 0.25) is 0 Å². The van der Waals surface area contributed by atoms with Gasteiger partial charge in [0, 0.05) is 38.4 Å². The molecule has 0 amide bonds. The Morgan fingerprint density at radius 2 is 2.05 bits per heavy atom. The van der Waals surface area contributed by atoms with Crippen molar-refractivity contribution >= 4 is 35.6 Å². The lowest BCUT2D eigenvalue weighted by molar-refractivity contribution is 0.733. The molecule has 22 heavy (non-hydrogen) atoms. The molecule has 0 aromatic heterocycles. The highest BCUT2D eigenvalue weighted by molar-refractivity contribution is 14.0. The Morgan fingerprint density at radius 3 is 2.59 bits per heavy atom. The van der Waals surface area contributed by atoms with Crippen LogP contribution >= 0.6 is 24.0 Å². The third kappa shape index (κ3) is 5.34. The van der Waals surface area contributed by atoms with Crippen LogP contribution in [-0.4, -0.2) is 38.7 Å². The molecule has 4 nitrogen and oxygen atoms in total. The van der Waals surface area contributed by atoms with Crippen molar-refractivity contribution in [2.24, 2.45) is 10.9 Å². The van der Waals surface area contributed by atoms with Gasteiger partial charge in [0.15, 0.2) is 5.96 Å². The summed E-state index contributed by atoms with van der Waals surface area (Å²) >= 11 is 0. The highest BCUT2D eigenvalue weighted by atomic mass is 127. The van der Waals surface area contributed by atoms with Gasteiger partial charge in [-0.3, -0.25) is 4.99 Å². The minimum Gasteiger partial charge on any atom is -0.370 e. The van der Waals surface area contributed by atoms with E-state index in [9.17, 15) is 0 Å². The van der Waals surface area contributed by atoms with Crippen molar-refractivity contribution in [3.8, 4) is 0 Å². The molecule has 1 aliphatic rings. The fourth-order valence-electron chi connectivity index (χ4n) is 2.57. The molecule has 1 fully saturated rings. The fourth-order valence-corrected chi connectivity index (χ4v) is 2.57. The summed E-state index contributed by atoms with van der Waals surface area (Å²) in [7, 11) is 1.83. The first kappa shape index (κ1) is 19.1. The minimum atomic E-state index is 0. The number of para-hydroxylation sites is 1. The Labute approximate surface area is 151 Å². The number of aryl methyl sites for hydroxylation is 1. The van der Waals surface area contributed by atoms with Gasteiger partial charge in [-0.1, -0.05) is 25.1 Å². The summed E-state index contributed by atoms with van der Waals surface area (Å²) in [5.74, 6) is 1.70. The van der Waals surface area contributed by atoms with Crippen LogP contribution < -0.4 is 15.5 Å². The van der Waals surface area contributed by atoms with E-state index in [1.807, 2.05) is 7.05 Å². The molecule has 0 heterocycles. The zero-order valence-electron chi connectivity index (χ0n) is 14.1. The number of hydrogen-bond acceptors (Lipinski definition) is 2. The Hall–Kier alpha value is -0.980. The smallest absolute Gasteiger partial charge is 0.191 e. The second-order valence-corrected chi connectivity index (χ2v) is 5.83. The average Bonchev–Trinajstić information content (AvgIpc) is 3.18. The van der Waals surface area contributed by atoms with Crippen LogP contribution in [0.5, 0.6) is 0 Å². The standard InChI is InChI=1S/C17H28N4.HI/c1-5-21(16-9-7-6-8-13(16)2)11-10-19-17(18-4)20-15-12-14(15)3;/h6-9,14-15H,5,10-12H2,1-4H3,(H2,18,19,20);1H. The molecule has 124 valence electrons. The third-order valence-electron chi connectivity index (χ3n) is 4.17. The topological polar surface area (TPSA) is 39.7 Å². The largest absolute Gasteiger partial charge is 0.370 e. The van der Waals surface area contributed by atoms with E-state index in [2.05, 4.69) is 65.6 Å². The van der Waals surface area contributed by atoms with Crippen LogP contribution in [0.1, 0.15) is 25.8 Å². The molecule has 0 radical (unpaired) electrons. The fraction of sp³-hybridized carbons (Fsp3) is 0.588. The second kappa shape index (κ2) is 9.22. The number of aliphatic imine (C=N–C) groups is 1. The van der Waals surface area contributed by atoms with E-state index in [0.29, 0.717) is 6.04 Å². The zero-order chi connectivity index (χ0) is 15.2. The Balaban J connectivity index is 0.00000242. The number of anilines is 1. The summed E-state index contributed by atoms with van der Waals surface area (Å²) in [4.78, 5) is 6.69. The average molecular weight is 416 g/mol. The van der Waals surface area contributed by atoms with Gasteiger partial charge in [-0.25, -0.2) is 0 Å². The predicted octanol–water partition coefficient (Wildman–Crippen LogP) is 3.01. The normalized spacial score (nSPS) is 20.1. The van der Waals surface area contributed by atoms with E-state index in [-0.39, 0.29) is 24.0 Å². The number of nitrogens with one attached hydrogen (secondary N) is 2. The van der Waals surface area contributed by atoms with Crippen molar-refractivity contribution in [3.63, 3.8) is 0 Å².